The predicted molar refractivity (Wildman–Crippen MR) is 74.1 cm³/mol. The minimum absolute atomic E-state index is 0.152. The molecule has 104 valence electrons. The Morgan fingerprint density at radius 3 is 2.68 bits per heavy atom. The quantitative estimate of drug-likeness (QED) is 0.847. The van der Waals surface area contributed by atoms with Crippen LogP contribution in [0, 0.1) is 5.82 Å². The maximum absolute atomic E-state index is 14.2. The number of nitrogens with two attached hydrogens (primary N) is 1. The van der Waals surface area contributed by atoms with Crippen LogP contribution in [0.25, 0.3) is 0 Å². The van der Waals surface area contributed by atoms with Crippen molar-refractivity contribution in [3.05, 3.63) is 23.5 Å². The topological polar surface area (TPSA) is 38.5 Å². The number of benzene rings is 1. The molecule has 0 aromatic heterocycles. The number of fused-ring (bicyclic) bond motifs is 1. The summed E-state index contributed by atoms with van der Waals surface area (Å²) in [6.45, 7) is 5.89. The summed E-state index contributed by atoms with van der Waals surface area (Å²) in [5, 5.41) is 0. The highest BCUT2D eigenvalue weighted by Crippen LogP contribution is 2.41. The molecular weight excluding hydrogens is 243 g/mol. The van der Waals surface area contributed by atoms with Crippen molar-refractivity contribution in [1.29, 1.82) is 0 Å². The van der Waals surface area contributed by atoms with E-state index in [4.69, 9.17) is 10.5 Å². The van der Waals surface area contributed by atoms with Crippen LogP contribution >= 0.6 is 0 Å². The number of hydrogen-bond donors (Lipinski definition) is 1. The lowest BCUT2D eigenvalue weighted by atomic mass is 9.90. The van der Waals surface area contributed by atoms with Crippen LogP contribution in [0.3, 0.4) is 0 Å². The highest BCUT2D eigenvalue weighted by atomic mass is 19.1. The summed E-state index contributed by atoms with van der Waals surface area (Å²) in [4.78, 5) is 2.09. The van der Waals surface area contributed by atoms with Crippen molar-refractivity contribution in [2.45, 2.75) is 44.8 Å². The number of nitrogens with zero attached hydrogens (tertiary/aromatic N) is 1. The molecule has 1 aromatic rings. The minimum Gasteiger partial charge on any atom is -0.487 e. The van der Waals surface area contributed by atoms with Gasteiger partial charge in [0, 0.05) is 37.2 Å². The van der Waals surface area contributed by atoms with E-state index in [2.05, 4.69) is 4.90 Å². The molecule has 19 heavy (non-hydrogen) atoms. The summed E-state index contributed by atoms with van der Waals surface area (Å²) in [7, 11) is 0. The zero-order valence-electron chi connectivity index (χ0n) is 11.6. The van der Waals surface area contributed by atoms with Crippen LogP contribution in [0.5, 0.6) is 5.75 Å². The van der Waals surface area contributed by atoms with E-state index in [1.165, 1.54) is 0 Å². The Balaban J connectivity index is 2.01. The Morgan fingerprint density at radius 1 is 1.32 bits per heavy atom. The van der Waals surface area contributed by atoms with Crippen LogP contribution in [0.4, 0.5) is 10.1 Å². The van der Waals surface area contributed by atoms with Crippen LogP contribution in [0.2, 0.25) is 0 Å². The highest BCUT2D eigenvalue weighted by molar-refractivity contribution is 5.57. The zero-order valence-corrected chi connectivity index (χ0v) is 11.6. The minimum atomic E-state index is -0.285. The molecule has 1 aromatic carbocycles. The van der Waals surface area contributed by atoms with Gasteiger partial charge in [-0.15, -0.1) is 0 Å². The average molecular weight is 264 g/mol. The predicted octanol–water partition coefficient (Wildman–Crippen LogP) is 2.99. The van der Waals surface area contributed by atoms with Crippen molar-refractivity contribution in [1.82, 2.24) is 0 Å². The van der Waals surface area contributed by atoms with Gasteiger partial charge in [-0.05, 0) is 32.8 Å². The first-order valence-electron chi connectivity index (χ1n) is 6.99. The lowest BCUT2D eigenvalue weighted by Gasteiger charge is -2.36. The van der Waals surface area contributed by atoms with Gasteiger partial charge in [-0.3, -0.25) is 0 Å². The Hall–Kier alpha value is -1.29. The summed E-state index contributed by atoms with van der Waals surface area (Å²) in [6.07, 6.45) is 2.97. The molecule has 0 spiro atoms. The second-order valence-electron chi connectivity index (χ2n) is 6.21. The van der Waals surface area contributed by atoms with Crippen molar-refractivity contribution < 1.29 is 9.13 Å². The number of rotatable bonds is 1. The molecule has 2 aliphatic heterocycles. The first kappa shape index (κ1) is 12.7. The molecule has 0 saturated carbocycles. The van der Waals surface area contributed by atoms with Crippen molar-refractivity contribution in [2.24, 2.45) is 5.73 Å². The van der Waals surface area contributed by atoms with Gasteiger partial charge < -0.3 is 15.4 Å². The third-order valence-corrected chi connectivity index (χ3v) is 4.02. The zero-order chi connectivity index (χ0) is 13.6. The van der Waals surface area contributed by atoms with E-state index in [9.17, 15) is 4.39 Å². The second-order valence-corrected chi connectivity index (χ2v) is 6.21. The number of anilines is 1. The van der Waals surface area contributed by atoms with Gasteiger partial charge in [-0.1, -0.05) is 0 Å². The molecular formula is C15H21FN2O. The fourth-order valence-electron chi connectivity index (χ4n) is 3.12. The van der Waals surface area contributed by atoms with Crippen molar-refractivity contribution in [3.8, 4) is 5.75 Å². The lowest BCUT2D eigenvalue weighted by molar-refractivity contribution is 0.0727. The Morgan fingerprint density at radius 2 is 2.00 bits per heavy atom. The van der Waals surface area contributed by atoms with Gasteiger partial charge in [-0.25, -0.2) is 4.39 Å². The van der Waals surface area contributed by atoms with E-state index in [1.54, 1.807) is 6.07 Å². The summed E-state index contributed by atoms with van der Waals surface area (Å²) in [5.41, 5.74) is 7.29. The summed E-state index contributed by atoms with van der Waals surface area (Å²) < 4.78 is 20.2. The van der Waals surface area contributed by atoms with Crippen LogP contribution in [-0.4, -0.2) is 18.7 Å². The second kappa shape index (κ2) is 4.37. The average Bonchev–Trinajstić information content (AvgIpc) is 2.82. The van der Waals surface area contributed by atoms with Gasteiger partial charge >= 0.3 is 0 Å². The first-order valence-corrected chi connectivity index (χ1v) is 6.99. The van der Waals surface area contributed by atoms with E-state index >= 15 is 0 Å². The van der Waals surface area contributed by atoms with Gasteiger partial charge in [0.25, 0.3) is 0 Å². The third-order valence-electron chi connectivity index (χ3n) is 4.02. The molecule has 2 heterocycles. The normalized spacial score (nSPS) is 25.1. The SMILES string of the molecule is CC1(C)CC(N)c2cc(F)c(N3CCCC3)cc2O1. The van der Waals surface area contributed by atoms with Crippen molar-refractivity contribution in [2.75, 3.05) is 18.0 Å². The molecule has 2 aliphatic rings. The van der Waals surface area contributed by atoms with Crippen LogP contribution in [-0.2, 0) is 0 Å². The van der Waals surface area contributed by atoms with E-state index in [-0.39, 0.29) is 17.5 Å². The van der Waals surface area contributed by atoms with Crippen molar-refractivity contribution in [3.63, 3.8) is 0 Å². The van der Waals surface area contributed by atoms with Gasteiger partial charge in [0.2, 0.25) is 0 Å². The van der Waals surface area contributed by atoms with Gasteiger partial charge in [-0.2, -0.15) is 0 Å². The van der Waals surface area contributed by atoms with E-state index < -0.39 is 0 Å². The van der Waals surface area contributed by atoms with E-state index in [0.29, 0.717) is 12.1 Å². The maximum atomic E-state index is 14.2. The molecule has 4 heteroatoms. The summed E-state index contributed by atoms with van der Waals surface area (Å²) in [5.74, 6) is 0.562. The smallest absolute Gasteiger partial charge is 0.147 e. The molecule has 2 N–H and O–H groups in total. The van der Waals surface area contributed by atoms with Gasteiger partial charge in [0.1, 0.15) is 17.2 Å². The molecule has 3 nitrogen and oxygen atoms in total. The molecule has 0 radical (unpaired) electrons. The van der Waals surface area contributed by atoms with Gasteiger partial charge in [0.05, 0.1) is 5.69 Å². The maximum Gasteiger partial charge on any atom is 0.147 e. The number of hydrogen-bond acceptors (Lipinski definition) is 3. The Labute approximate surface area is 113 Å². The van der Waals surface area contributed by atoms with E-state index in [0.717, 1.165) is 37.2 Å². The molecule has 1 saturated heterocycles. The van der Waals surface area contributed by atoms with Crippen LogP contribution in [0.1, 0.15) is 44.7 Å². The molecule has 1 atom stereocenters. The summed E-state index contributed by atoms with van der Waals surface area (Å²) in [6, 6.07) is 3.24. The van der Waals surface area contributed by atoms with Crippen LogP contribution in [0.15, 0.2) is 12.1 Å². The van der Waals surface area contributed by atoms with E-state index in [1.807, 2.05) is 19.9 Å². The fraction of sp³-hybridized carbons (Fsp3) is 0.600. The Bertz CT molecular complexity index is 495. The lowest BCUT2D eigenvalue weighted by Crippen LogP contribution is -2.37. The summed E-state index contributed by atoms with van der Waals surface area (Å²) >= 11 is 0. The number of halogens is 1. The molecule has 0 bridgehead atoms. The highest BCUT2D eigenvalue weighted by Gasteiger charge is 2.33. The molecule has 0 aliphatic carbocycles. The van der Waals surface area contributed by atoms with Crippen molar-refractivity contribution >= 4 is 5.69 Å². The first-order chi connectivity index (χ1) is 8.96. The molecule has 1 unspecified atom stereocenters. The molecule has 3 rings (SSSR count). The molecule has 0 amide bonds. The fourth-order valence-corrected chi connectivity index (χ4v) is 3.12. The molecule has 1 fully saturated rings. The monoisotopic (exact) mass is 264 g/mol. The van der Waals surface area contributed by atoms with Gasteiger partial charge in [0.15, 0.2) is 0 Å². The van der Waals surface area contributed by atoms with Crippen LogP contribution < -0.4 is 15.4 Å². The Kier molecular flexibility index (Phi) is 2.93. The standard InChI is InChI=1S/C15H21FN2O/c1-15(2)9-12(17)10-7-11(16)13(8-14(10)19-15)18-5-3-4-6-18/h7-8,12H,3-6,9,17H2,1-2H3. The third kappa shape index (κ3) is 2.29. The number of ether oxygens (including phenoxy) is 1. The largest absolute Gasteiger partial charge is 0.487 e.